The van der Waals surface area contributed by atoms with Crippen LogP contribution in [0.4, 0.5) is 5.69 Å². The average Bonchev–Trinajstić information content (AvgIpc) is 2.26. The standard InChI is InChI=1S/C11H11BrN2O2/c1-2-3-6-13-8-9-4-5-10(14(15)16)7-11(9)12/h4-5,7,13H,6,8H2,1H3. The maximum Gasteiger partial charge on any atom is 0.270 e. The Morgan fingerprint density at radius 3 is 2.88 bits per heavy atom. The fourth-order valence-electron chi connectivity index (χ4n) is 1.14. The van der Waals surface area contributed by atoms with Crippen molar-refractivity contribution in [3.63, 3.8) is 0 Å². The summed E-state index contributed by atoms with van der Waals surface area (Å²) in [6.45, 7) is 3.02. The van der Waals surface area contributed by atoms with Gasteiger partial charge in [-0.25, -0.2) is 0 Å². The van der Waals surface area contributed by atoms with Crippen LogP contribution in [0.3, 0.4) is 0 Å². The van der Waals surface area contributed by atoms with E-state index in [1.54, 1.807) is 13.0 Å². The van der Waals surface area contributed by atoms with Crippen molar-refractivity contribution in [2.75, 3.05) is 6.54 Å². The predicted octanol–water partition coefficient (Wildman–Crippen LogP) is 2.47. The third kappa shape index (κ3) is 3.65. The Bertz CT molecular complexity index is 449. The number of halogens is 1. The van der Waals surface area contributed by atoms with Crippen molar-refractivity contribution in [1.82, 2.24) is 5.32 Å². The minimum Gasteiger partial charge on any atom is -0.302 e. The summed E-state index contributed by atoms with van der Waals surface area (Å²) < 4.78 is 0.735. The largest absolute Gasteiger partial charge is 0.302 e. The van der Waals surface area contributed by atoms with Crippen LogP contribution in [0.25, 0.3) is 0 Å². The van der Waals surface area contributed by atoms with Crippen molar-refractivity contribution in [3.8, 4) is 11.8 Å². The zero-order chi connectivity index (χ0) is 12.0. The van der Waals surface area contributed by atoms with Gasteiger partial charge in [-0.15, -0.1) is 5.92 Å². The summed E-state index contributed by atoms with van der Waals surface area (Å²) in [6.07, 6.45) is 0. The van der Waals surface area contributed by atoms with Gasteiger partial charge in [-0.2, -0.15) is 0 Å². The highest BCUT2D eigenvalue weighted by Crippen LogP contribution is 2.22. The van der Waals surface area contributed by atoms with Crippen molar-refractivity contribution < 1.29 is 4.92 Å². The summed E-state index contributed by atoms with van der Waals surface area (Å²) in [5.74, 6) is 5.66. The number of rotatable bonds is 4. The van der Waals surface area contributed by atoms with E-state index in [9.17, 15) is 10.1 Å². The molecule has 0 fully saturated rings. The van der Waals surface area contributed by atoms with Gasteiger partial charge in [-0.1, -0.05) is 21.9 Å². The first-order valence-electron chi connectivity index (χ1n) is 4.68. The molecule has 0 aliphatic heterocycles. The van der Waals surface area contributed by atoms with Gasteiger partial charge in [0.25, 0.3) is 5.69 Å². The van der Waals surface area contributed by atoms with Crippen molar-refractivity contribution in [2.45, 2.75) is 13.5 Å². The molecule has 0 amide bonds. The maximum atomic E-state index is 10.5. The SMILES string of the molecule is CC#CCNCc1ccc([N+](=O)[O-])cc1Br. The number of benzene rings is 1. The van der Waals surface area contributed by atoms with E-state index in [-0.39, 0.29) is 5.69 Å². The van der Waals surface area contributed by atoms with Crippen molar-refractivity contribution in [2.24, 2.45) is 0 Å². The topological polar surface area (TPSA) is 55.2 Å². The van der Waals surface area contributed by atoms with Gasteiger partial charge in [0, 0.05) is 23.2 Å². The van der Waals surface area contributed by atoms with E-state index in [4.69, 9.17) is 0 Å². The maximum absolute atomic E-state index is 10.5. The van der Waals surface area contributed by atoms with Crippen molar-refractivity contribution in [3.05, 3.63) is 38.3 Å². The molecule has 1 aromatic rings. The smallest absolute Gasteiger partial charge is 0.270 e. The molecule has 84 valence electrons. The number of hydrogen-bond acceptors (Lipinski definition) is 3. The third-order valence-corrected chi connectivity index (χ3v) is 2.69. The van der Waals surface area contributed by atoms with Gasteiger partial charge in [-0.3, -0.25) is 10.1 Å². The van der Waals surface area contributed by atoms with Gasteiger partial charge in [0.05, 0.1) is 11.5 Å². The van der Waals surface area contributed by atoms with Gasteiger partial charge in [0.15, 0.2) is 0 Å². The van der Waals surface area contributed by atoms with Crippen molar-refractivity contribution >= 4 is 21.6 Å². The van der Waals surface area contributed by atoms with Crippen LogP contribution in [0.1, 0.15) is 12.5 Å². The number of nitro benzene ring substituents is 1. The van der Waals surface area contributed by atoms with E-state index in [1.165, 1.54) is 12.1 Å². The predicted molar refractivity (Wildman–Crippen MR) is 66.0 cm³/mol. The van der Waals surface area contributed by atoms with E-state index in [0.29, 0.717) is 13.1 Å². The Balaban J connectivity index is 2.67. The van der Waals surface area contributed by atoms with Crippen LogP contribution in [-0.4, -0.2) is 11.5 Å². The monoisotopic (exact) mass is 282 g/mol. The first kappa shape index (κ1) is 12.7. The summed E-state index contributed by atoms with van der Waals surface area (Å²) in [5, 5.41) is 13.6. The fraction of sp³-hybridized carbons (Fsp3) is 0.273. The highest BCUT2D eigenvalue weighted by molar-refractivity contribution is 9.10. The van der Waals surface area contributed by atoms with E-state index in [1.807, 2.05) is 0 Å². The third-order valence-electron chi connectivity index (χ3n) is 1.95. The van der Waals surface area contributed by atoms with Crippen LogP contribution < -0.4 is 5.32 Å². The number of nitrogens with one attached hydrogen (secondary N) is 1. The quantitative estimate of drug-likeness (QED) is 0.400. The molecule has 0 aliphatic carbocycles. The minimum atomic E-state index is -0.412. The molecule has 0 unspecified atom stereocenters. The Morgan fingerprint density at radius 2 is 2.31 bits per heavy atom. The first-order valence-corrected chi connectivity index (χ1v) is 5.47. The first-order chi connectivity index (χ1) is 7.65. The second-order valence-corrected chi connectivity index (χ2v) is 3.92. The summed E-state index contributed by atoms with van der Waals surface area (Å²) in [7, 11) is 0. The van der Waals surface area contributed by atoms with Crippen LogP contribution in [0.5, 0.6) is 0 Å². The summed E-state index contributed by atoms with van der Waals surface area (Å²) in [4.78, 5) is 10.1. The molecule has 0 saturated carbocycles. The molecule has 0 radical (unpaired) electrons. The van der Waals surface area contributed by atoms with Gasteiger partial charge in [0.1, 0.15) is 0 Å². The molecule has 1 rings (SSSR count). The molecule has 0 aromatic heterocycles. The fourth-order valence-corrected chi connectivity index (χ4v) is 1.65. The lowest BCUT2D eigenvalue weighted by Crippen LogP contribution is -2.13. The second kappa shape index (κ2) is 6.26. The summed E-state index contributed by atoms with van der Waals surface area (Å²) >= 11 is 3.30. The lowest BCUT2D eigenvalue weighted by Gasteiger charge is -2.04. The van der Waals surface area contributed by atoms with Crippen LogP contribution in [-0.2, 0) is 6.54 Å². The lowest BCUT2D eigenvalue weighted by molar-refractivity contribution is -0.384. The number of hydrogen-bond donors (Lipinski definition) is 1. The Hall–Kier alpha value is -1.38. The number of nitro groups is 1. The molecule has 0 heterocycles. The molecule has 0 bridgehead atoms. The van der Waals surface area contributed by atoms with Crippen LogP contribution in [0.2, 0.25) is 0 Å². The van der Waals surface area contributed by atoms with Crippen molar-refractivity contribution in [1.29, 1.82) is 0 Å². The molecule has 0 aliphatic rings. The second-order valence-electron chi connectivity index (χ2n) is 3.06. The van der Waals surface area contributed by atoms with Gasteiger partial charge in [-0.05, 0) is 18.6 Å². The molecule has 4 nitrogen and oxygen atoms in total. The normalized spacial score (nSPS) is 9.38. The Morgan fingerprint density at radius 1 is 1.56 bits per heavy atom. The molecule has 0 saturated heterocycles. The summed E-state index contributed by atoms with van der Waals surface area (Å²) in [6, 6.07) is 4.73. The van der Waals surface area contributed by atoms with Gasteiger partial charge < -0.3 is 5.32 Å². The molecule has 0 atom stereocenters. The zero-order valence-electron chi connectivity index (χ0n) is 8.79. The highest BCUT2D eigenvalue weighted by Gasteiger charge is 2.08. The van der Waals surface area contributed by atoms with Crippen LogP contribution >= 0.6 is 15.9 Å². The Kier molecular flexibility index (Phi) is 4.96. The van der Waals surface area contributed by atoms with Gasteiger partial charge >= 0.3 is 0 Å². The van der Waals surface area contributed by atoms with E-state index < -0.39 is 4.92 Å². The van der Waals surface area contributed by atoms with E-state index in [2.05, 4.69) is 33.1 Å². The van der Waals surface area contributed by atoms with Crippen LogP contribution in [0, 0.1) is 22.0 Å². The minimum absolute atomic E-state index is 0.0870. The highest BCUT2D eigenvalue weighted by atomic mass is 79.9. The molecule has 0 spiro atoms. The van der Waals surface area contributed by atoms with Crippen LogP contribution in [0.15, 0.2) is 22.7 Å². The number of nitrogens with zero attached hydrogens (tertiary/aromatic N) is 1. The molecule has 1 N–H and O–H groups in total. The van der Waals surface area contributed by atoms with Gasteiger partial charge in [0.2, 0.25) is 0 Å². The molecule has 1 aromatic carbocycles. The average molecular weight is 283 g/mol. The molecular formula is C11H11BrN2O2. The molecule has 5 heteroatoms. The Labute approximate surface area is 102 Å². The van der Waals surface area contributed by atoms with E-state index >= 15 is 0 Å². The molecule has 16 heavy (non-hydrogen) atoms. The van der Waals surface area contributed by atoms with E-state index in [0.717, 1.165) is 10.0 Å². The number of non-ortho nitro benzene ring substituents is 1. The zero-order valence-corrected chi connectivity index (χ0v) is 10.4. The lowest BCUT2D eigenvalue weighted by atomic mass is 10.2. The molecular weight excluding hydrogens is 272 g/mol. The summed E-state index contributed by atoms with van der Waals surface area (Å²) in [5.41, 5.74) is 1.06.